The van der Waals surface area contributed by atoms with E-state index in [1.165, 1.54) is 4.88 Å². The first-order valence-electron chi connectivity index (χ1n) is 8.17. The van der Waals surface area contributed by atoms with Crippen LogP contribution < -0.4 is 5.73 Å². The molecule has 0 fully saturated rings. The summed E-state index contributed by atoms with van der Waals surface area (Å²) in [4.78, 5) is 18.8. The fourth-order valence-electron chi connectivity index (χ4n) is 3.24. The maximum Gasteiger partial charge on any atom is 0.220 e. The van der Waals surface area contributed by atoms with Gasteiger partial charge in [0.15, 0.2) is 5.76 Å². The van der Waals surface area contributed by atoms with Gasteiger partial charge in [-0.3, -0.25) is 9.79 Å². The van der Waals surface area contributed by atoms with E-state index < -0.39 is 11.9 Å². The third-order valence-corrected chi connectivity index (χ3v) is 5.80. The van der Waals surface area contributed by atoms with Crippen LogP contribution in [0.1, 0.15) is 45.5 Å². The van der Waals surface area contributed by atoms with E-state index in [2.05, 4.69) is 29.2 Å². The molecule has 1 amide bonds. The van der Waals surface area contributed by atoms with Gasteiger partial charge in [0.1, 0.15) is 6.04 Å². The Bertz CT molecular complexity index is 1040. The van der Waals surface area contributed by atoms with Crippen molar-refractivity contribution in [1.82, 2.24) is 15.4 Å². The van der Waals surface area contributed by atoms with E-state index in [0.29, 0.717) is 5.76 Å². The Morgan fingerprint density at radius 2 is 2.08 bits per heavy atom. The lowest BCUT2D eigenvalue weighted by atomic mass is 9.97. The molecule has 0 saturated carbocycles. The van der Waals surface area contributed by atoms with Gasteiger partial charge in [0.2, 0.25) is 5.91 Å². The fourth-order valence-corrected chi connectivity index (χ4v) is 4.50. The number of nitrogens with zero attached hydrogens (tertiary/aromatic N) is 4. The summed E-state index contributed by atoms with van der Waals surface area (Å²) in [7, 11) is 0. The molecule has 0 bridgehead atoms. The molecule has 1 aliphatic rings. The average Bonchev–Trinajstić information content (AvgIpc) is 3.08. The third kappa shape index (κ3) is 2.53. The molecule has 7 nitrogen and oxygen atoms in total. The van der Waals surface area contributed by atoms with Crippen LogP contribution in [-0.2, 0) is 4.79 Å². The number of amides is 1. The molecule has 0 unspecified atom stereocenters. The van der Waals surface area contributed by atoms with Gasteiger partial charge in [-0.1, -0.05) is 5.16 Å². The number of nitrogens with two attached hydrogens (primary N) is 1. The van der Waals surface area contributed by atoms with Gasteiger partial charge in [-0.05, 0) is 32.4 Å². The number of carbonyl (C=O) groups is 1. The molecule has 0 aromatic carbocycles. The zero-order valence-corrected chi connectivity index (χ0v) is 15.4. The molecule has 4 rings (SSSR count). The summed E-state index contributed by atoms with van der Waals surface area (Å²) in [6.07, 6.45) is 3.36. The van der Waals surface area contributed by atoms with Crippen LogP contribution >= 0.6 is 11.3 Å². The minimum absolute atomic E-state index is 0.0522. The summed E-state index contributed by atoms with van der Waals surface area (Å²) in [5, 5.41) is 12.0. The van der Waals surface area contributed by atoms with Gasteiger partial charge >= 0.3 is 0 Å². The Morgan fingerprint density at radius 3 is 2.77 bits per heavy atom. The summed E-state index contributed by atoms with van der Waals surface area (Å²) < 4.78 is 5.58. The van der Waals surface area contributed by atoms with Crippen LogP contribution in [-0.4, -0.2) is 27.0 Å². The van der Waals surface area contributed by atoms with E-state index in [1.54, 1.807) is 23.7 Å². The molecule has 0 saturated heterocycles. The maximum atomic E-state index is 11.6. The average molecular weight is 367 g/mol. The molecule has 132 valence electrons. The number of aromatic nitrogens is 3. The van der Waals surface area contributed by atoms with Crippen molar-refractivity contribution in [2.45, 2.75) is 33.2 Å². The molecule has 26 heavy (non-hydrogen) atoms. The van der Waals surface area contributed by atoms with E-state index in [-0.39, 0.29) is 6.42 Å². The van der Waals surface area contributed by atoms with Gasteiger partial charge < -0.3 is 10.3 Å². The van der Waals surface area contributed by atoms with Gasteiger partial charge in [-0.2, -0.15) is 10.2 Å². The first-order chi connectivity index (χ1) is 12.5. The van der Waals surface area contributed by atoms with Crippen molar-refractivity contribution >= 4 is 23.0 Å². The number of carbonyl (C=O) groups excluding carboxylic acids is 1. The van der Waals surface area contributed by atoms with E-state index in [9.17, 15) is 4.79 Å². The number of primary amides is 1. The van der Waals surface area contributed by atoms with Crippen LogP contribution in [0.4, 0.5) is 0 Å². The summed E-state index contributed by atoms with van der Waals surface area (Å²) in [6, 6.07) is 1.34. The van der Waals surface area contributed by atoms with Crippen molar-refractivity contribution in [2.24, 2.45) is 10.7 Å². The lowest BCUT2D eigenvalue weighted by Crippen LogP contribution is -2.15. The molecule has 4 heterocycles. The van der Waals surface area contributed by atoms with Crippen LogP contribution in [0.5, 0.6) is 0 Å². The zero-order chi connectivity index (χ0) is 18.4. The highest BCUT2D eigenvalue weighted by atomic mass is 32.1. The monoisotopic (exact) mass is 367 g/mol. The van der Waals surface area contributed by atoms with Gasteiger partial charge in [0.25, 0.3) is 0 Å². The summed E-state index contributed by atoms with van der Waals surface area (Å²) in [6.45, 7) is 6.06. The summed E-state index contributed by atoms with van der Waals surface area (Å²) in [5.41, 5.74) is 10.9. The smallest absolute Gasteiger partial charge is 0.220 e. The maximum absolute atomic E-state index is 11.6. The number of aryl methyl sites for hydroxylation is 2. The Kier molecular flexibility index (Phi) is 3.91. The molecule has 2 N–H and O–H groups in total. The van der Waals surface area contributed by atoms with Gasteiger partial charge in [0, 0.05) is 20.9 Å². The van der Waals surface area contributed by atoms with Gasteiger partial charge in [0.05, 0.1) is 35.8 Å². The normalized spacial score (nSPS) is 15.8. The van der Waals surface area contributed by atoms with Gasteiger partial charge in [-0.25, -0.2) is 0 Å². The minimum atomic E-state index is -0.522. The molecular formula is C18H17N5O2S. The first kappa shape index (κ1) is 16.6. The second-order valence-corrected chi connectivity index (χ2v) is 7.51. The number of rotatable bonds is 3. The number of hydrogen-bond acceptors (Lipinski definition) is 7. The molecule has 8 heteroatoms. The van der Waals surface area contributed by atoms with Crippen molar-refractivity contribution < 1.29 is 9.32 Å². The third-order valence-electron chi connectivity index (χ3n) is 4.58. The molecule has 1 atom stereocenters. The lowest BCUT2D eigenvalue weighted by Gasteiger charge is -2.10. The first-order valence-corrected chi connectivity index (χ1v) is 8.99. The Morgan fingerprint density at radius 1 is 1.27 bits per heavy atom. The molecule has 0 aliphatic carbocycles. The Balaban J connectivity index is 2.05. The van der Waals surface area contributed by atoms with Crippen molar-refractivity contribution in [3.63, 3.8) is 0 Å². The Labute approximate surface area is 154 Å². The van der Waals surface area contributed by atoms with E-state index in [4.69, 9.17) is 15.2 Å². The lowest BCUT2D eigenvalue weighted by molar-refractivity contribution is -0.118. The minimum Gasteiger partial charge on any atom is -0.370 e. The van der Waals surface area contributed by atoms with E-state index >= 15 is 0 Å². The fraction of sp³-hybridized carbons (Fsp3) is 0.278. The highest BCUT2D eigenvalue weighted by Gasteiger charge is 2.33. The largest absolute Gasteiger partial charge is 0.370 e. The predicted octanol–water partition coefficient (Wildman–Crippen LogP) is 2.89. The topological polar surface area (TPSA) is 107 Å². The van der Waals surface area contributed by atoms with Crippen LogP contribution in [0.25, 0.3) is 10.4 Å². The van der Waals surface area contributed by atoms with Crippen molar-refractivity contribution in [1.29, 1.82) is 0 Å². The second-order valence-electron chi connectivity index (χ2n) is 6.29. The van der Waals surface area contributed by atoms with Gasteiger partial charge in [-0.15, -0.1) is 11.3 Å². The summed E-state index contributed by atoms with van der Waals surface area (Å²) in [5.74, 6) is 0.143. The standard InChI is InChI=1S/C18H17N5O2S/c1-8-10(3)26-18-14(8)16(11-4-5-20-21-7-11)22-12(6-13(19)24)17-15(18)9(2)23-25-17/h4-5,7,12H,6H2,1-3H3,(H2,19,24)/t12-/m0/s1. The number of thiophene rings is 1. The predicted molar refractivity (Wildman–Crippen MR) is 98.3 cm³/mol. The van der Waals surface area contributed by atoms with Crippen LogP contribution in [0.2, 0.25) is 0 Å². The molecule has 3 aromatic rings. The van der Waals surface area contributed by atoms with Crippen molar-refractivity contribution in [2.75, 3.05) is 0 Å². The highest BCUT2D eigenvalue weighted by molar-refractivity contribution is 7.16. The van der Waals surface area contributed by atoms with Crippen LogP contribution in [0.3, 0.4) is 0 Å². The van der Waals surface area contributed by atoms with E-state index in [0.717, 1.165) is 38.5 Å². The molecular weight excluding hydrogens is 350 g/mol. The number of fused-ring (bicyclic) bond motifs is 3. The van der Waals surface area contributed by atoms with Crippen LogP contribution in [0, 0.1) is 20.8 Å². The van der Waals surface area contributed by atoms with E-state index in [1.807, 2.05) is 13.0 Å². The zero-order valence-electron chi connectivity index (χ0n) is 14.6. The molecule has 0 radical (unpaired) electrons. The molecule has 1 aliphatic heterocycles. The molecule has 3 aromatic heterocycles. The molecule has 0 spiro atoms. The Hall–Kier alpha value is -2.87. The quantitative estimate of drug-likeness (QED) is 0.766. The van der Waals surface area contributed by atoms with Crippen molar-refractivity contribution in [3.8, 4) is 10.4 Å². The SMILES string of the molecule is Cc1noc2c1-c1sc(C)c(C)c1C(c1ccnnc1)=N[C@H]2CC(N)=O. The second kappa shape index (κ2) is 6.14. The van der Waals surface area contributed by atoms with Crippen molar-refractivity contribution in [3.05, 3.63) is 51.5 Å². The number of aliphatic imine (C=N–C) groups is 1. The van der Waals surface area contributed by atoms with Crippen LogP contribution in [0.15, 0.2) is 28.0 Å². The number of hydrogen-bond donors (Lipinski definition) is 1. The summed E-state index contributed by atoms with van der Waals surface area (Å²) >= 11 is 1.68. The highest BCUT2D eigenvalue weighted by Crippen LogP contribution is 2.46.